The number of hydrogen-bond acceptors (Lipinski definition) is 4. The summed E-state index contributed by atoms with van der Waals surface area (Å²) >= 11 is 1.60. The highest BCUT2D eigenvalue weighted by atomic mass is 32.2. The highest BCUT2D eigenvalue weighted by molar-refractivity contribution is 8.00. The van der Waals surface area contributed by atoms with E-state index in [0.717, 1.165) is 10.6 Å². The number of amides is 1. The van der Waals surface area contributed by atoms with Crippen molar-refractivity contribution in [2.45, 2.75) is 30.7 Å². The lowest BCUT2D eigenvalue weighted by molar-refractivity contribution is -0.127. The number of carbonyl (C=O) groups is 2. The van der Waals surface area contributed by atoms with Crippen LogP contribution in [0.2, 0.25) is 0 Å². The smallest absolute Gasteiger partial charge is 0.229 e. The summed E-state index contributed by atoms with van der Waals surface area (Å²) in [6.07, 6.45) is -0.0553. The maximum atomic E-state index is 11.6. The molecule has 2 rings (SSSR count). The number of ketones is 1. The van der Waals surface area contributed by atoms with E-state index in [9.17, 15) is 9.59 Å². The maximum absolute atomic E-state index is 11.6. The minimum Gasteiger partial charge on any atom is -0.345 e. The van der Waals surface area contributed by atoms with Gasteiger partial charge in [-0.2, -0.15) is 0 Å². The Labute approximate surface area is 111 Å². The number of benzene rings is 1. The molecule has 1 heterocycles. The zero-order chi connectivity index (χ0) is 13.3. The topological polar surface area (TPSA) is 49.4 Å². The Morgan fingerprint density at radius 2 is 2.17 bits per heavy atom. The average Bonchev–Trinajstić information content (AvgIpc) is 2.54. The first kappa shape index (κ1) is 13.0. The summed E-state index contributed by atoms with van der Waals surface area (Å²) < 4.78 is 0. The normalized spacial score (nSPS) is 17.5. The fourth-order valence-electron chi connectivity index (χ4n) is 1.87. The molecule has 1 atom stereocenters. The summed E-state index contributed by atoms with van der Waals surface area (Å²) in [7, 11) is 1.94. The number of aryl methyl sites for hydroxylation is 1. The van der Waals surface area contributed by atoms with Crippen molar-refractivity contribution in [1.82, 2.24) is 5.32 Å². The van der Waals surface area contributed by atoms with Gasteiger partial charge in [-0.05, 0) is 31.5 Å². The van der Waals surface area contributed by atoms with Crippen molar-refractivity contribution >= 4 is 29.1 Å². The van der Waals surface area contributed by atoms with Crippen molar-refractivity contribution in [2.24, 2.45) is 0 Å². The molecule has 1 unspecified atom stereocenters. The van der Waals surface area contributed by atoms with Crippen LogP contribution in [0.15, 0.2) is 23.1 Å². The Morgan fingerprint density at radius 3 is 2.83 bits per heavy atom. The lowest BCUT2D eigenvalue weighted by atomic mass is 10.2. The van der Waals surface area contributed by atoms with Crippen LogP contribution in [0.1, 0.15) is 18.9 Å². The minimum atomic E-state index is -0.226. The lowest BCUT2D eigenvalue weighted by Gasteiger charge is -2.22. The largest absolute Gasteiger partial charge is 0.345 e. The summed E-state index contributed by atoms with van der Waals surface area (Å²) in [6.45, 7) is 3.46. The summed E-state index contributed by atoms with van der Waals surface area (Å²) in [4.78, 5) is 25.7. The van der Waals surface area contributed by atoms with Gasteiger partial charge in [0.15, 0.2) is 5.50 Å². The molecule has 1 amide bonds. The van der Waals surface area contributed by atoms with Crippen LogP contribution >= 0.6 is 11.8 Å². The fraction of sp³-hybridized carbons (Fsp3) is 0.385. The third-order valence-electron chi connectivity index (χ3n) is 2.78. The minimum absolute atomic E-state index is 0.0553. The third kappa shape index (κ3) is 2.67. The van der Waals surface area contributed by atoms with Gasteiger partial charge in [0, 0.05) is 11.9 Å². The van der Waals surface area contributed by atoms with Crippen LogP contribution in [0.3, 0.4) is 0 Å². The molecule has 1 aromatic rings. The molecule has 5 heteroatoms. The number of carbonyl (C=O) groups excluding carboxylic acids is 2. The van der Waals surface area contributed by atoms with E-state index in [4.69, 9.17) is 0 Å². The van der Waals surface area contributed by atoms with Gasteiger partial charge in [0.2, 0.25) is 5.91 Å². The molecule has 18 heavy (non-hydrogen) atoms. The Morgan fingerprint density at radius 1 is 1.44 bits per heavy atom. The second-order valence-corrected chi connectivity index (χ2v) is 5.62. The van der Waals surface area contributed by atoms with E-state index in [-0.39, 0.29) is 23.6 Å². The molecule has 1 N–H and O–H groups in total. The summed E-state index contributed by atoms with van der Waals surface area (Å²) in [6, 6.07) is 6.21. The number of fused-ring (bicyclic) bond motifs is 1. The first-order valence-corrected chi connectivity index (χ1v) is 6.64. The molecule has 0 aliphatic carbocycles. The molecular weight excluding hydrogens is 248 g/mol. The average molecular weight is 264 g/mol. The molecule has 0 aromatic heterocycles. The second kappa shape index (κ2) is 5.02. The van der Waals surface area contributed by atoms with E-state index >= 15 is 0 Å². The van der Waals surface area contributed by atoms with Crippen LogP contribution in [0.4, 0.5) is 5.69 Å². The van der Waals surface area contributed by atoms with Crippen LogP contribution in [-0.2, 0) is 9.59 Å². The summed E-state index contributed by atoms with van der Waals surface area (Å²) in [5.74, 6) is -0.345. The second-order valence-electron chi connectivity index (χ2n) is 4.50. The van der Waals surface area contributed by atoms with Crippen molar-refractivity contribution in [3.63, 3.8) is 0 Å². The fourth-order valence-corrected chi connectivity index (χ4v) is 3.16. The first-order valence-electron chi connectivity index (χ1n) is 5.76. The third-order valence-corrected chi connectivity index (χ3v) is 4.02. The van der Waals surface area contributed by atoms with Crippen LogP contribution < -0.4 is 10.2 Å². The molecule has 0 bridgehead atoms. The number of hydrogen-bond donors (Lipinski definition) is 1. The van der Waals surface area contributed by atoms with E-state index in [1.54, 1.807) is 11.8 Å². The Balaban J connectivity index is 2.07. The molecule has 1 aromatic carbocycles. The number of Topliss-reactive ketones (excluding diaryl/α,β-unsaturated/α-hetero) is 1. The van der Waals surface area contributed by atoms with E-state index in [1.807, 2.05) is 18.9 Å². The molecule has 1 aliphatic rings. The number of nitrogens with zero attached hydrogens (tertiary/aromatic N) is 1. The molecule has 0 fully saturated rings. The molecular formula is C13H16N2O2S. The van der Waals surface area contributed by atoms with Gasteiger partial charge >= 0.3 is 0 Å². The highest BCUT2D eigenvalue weighted by Crippen LogP contribution is 2.41. The van der Waals surface area contributed by atoms with Crippen LogP contribution in [0.5, 0.6) is 0 Å². The predicted molar refractivity (Wildman–Crippen MR) is 72.7 cm³/mol. The standard InChI is InChI=1S/C13H16N2O2S/c1-8-4-5-10-11(6-8)18-13(15(10)3)14-12(17)7-9(2)16/h4-6,13H,7H2,1-3H3,(H,14,17). The number of rotatable bonds is 3. The highest BCUT2D eigenvalue weighted by Gasteiger charge is 2.28. The van der Waals surface area contributed by atoms with Crippen molar-refractivity contribution < 1.29 is 9.59 Å². The van der Waals surface area contributed by atoms with Crippen LogP contribution in [0, 0.1) is 6.92 Å². The molecule has 0 spiro atoms. The van der Waals surface area contributed by atoms with Gasteiger partial charge in [0.1, 0.15) is 5.78 Å². The predicted octanol–water partition coefficient (Wildman–Crippen LogP) is 1.92. The number of anilines is 1. The van der Waals surface area contributed by atoms with E-state index in [0.29, 0.717) is 0 Å². The van der Waals surface area contributed by atoms with Crippen molar-refractivity contribution in [3.8, 4) is 0 Å². The van der Waals surface area contributed by atoms with Gasteiger partial charge in [-0.15, -0.1) is 0 Å². The van der Waals surface area contributed by atoms with E-state index < -0.39 is 0 Å². The van der Waals surface area contributed by atoms with Crippen LogP contribution in [0.25, 0.3) is 0 Å². The van der Waals surface area contributed by atoms with E-state index in [2.05, 4.69) is 23.5 Å². The molecule has 4 nitrogen and oxygen atoms in total. The van der Waals surface area contributed by atoms with Crippen molar-refractivity contribution in [2.75, 3.05) is 11.9 Å². The zero-order valence-electron chi connectivity index (χ0n) is 10.7. The Hall–Kier alpha value is -1.49. The van der Waals surface area contributed by atoms with E-state index in [1.165, 1.54) is 12.5 Å². The maximum Gasteiger partial charge on any atom is 0.229 e. The first-order chi connectivity index (χ1) is 8.47. The molecule has 96 valence electrons. The summed E-state index contributed by atoms with van der Waals surface area (Å²) in [5.41, 5.74) is 2.18. The summed E-state index contributed by atoms with van der Waals surface area (Å²) in [5, 5.41) is 2.86. The van der Waals surface area contributed by atoms with Crippen molar-refractivity contribution in [3.05, 3.63) is 23.8 Å². The molecule has 0 saturated heterocycles. The Kier molecular flexibility index (Phi) is 3.61. The molecule has 1 aliphatic heterocycles. The van der Waals surface area contributed by atoms with Gasteiger partial charge in [0.05, 0.1) is 12.1 Å². The monoisotopic (exact) mass is 264 g/mol. The van der Waals surface area contributed by atoms with Gasteiger partial charge in [-0.1, -0.05) is 17.8 Å². The zero-order valence-corrected chi connectivity index (χ0v) is 11.5. The van der Waals surface area contributed by atoms with Gasteiger partial charge in [-0.25, -0.2) is 0 Å². The Bertz CT molecular complexity index is 502. The lowest BCUT2D eigenvalue weighted by Crippen LogP contribution is -2.42. The van der Waals surface area contributed by atoms with Gasteiger partial charge in [-0.3, -0.25) is 9.59 Å². The van der Waals surface area contributed by atoms with Crippen LogP contribution in [-0.4, -0.2) is 24.2 Å². The molecule has 0 saturated carbocycles. The number of nitrogens with one attached hydrogen (secondary N) is 1. The quantitative estimate of drug-likeness (QED) is 0.847. The number of thioether (sulfide) groups is 1. The van der Waals surface area contributed by atoms with Gasteiger partial charge < -0.3 is 10.2 Å². The molecule has 0 radical (unpaired) electrons. The van der Waals surface area contributed by atoms with Crippen molar-refractivity contribution in [1.29, 1.82) is 0 Å². The SMILES string of the molecule is CC(=O)CC(=O)NC1Sc2cc(C)ccc2N1C. The van der Waals surface area contributed by atoms with Gasteiger partial charge in [0.25, 0.3) is 0 Å².